The van der Waals surface area contributed by atoms with Crippen molar-refractivity contribution in [3.8, 4) is 39.8 Å². The molecule has 1 aromatic heterocycles. The second-order valence-corrected chi connectivity index (χ2v) is 22.9. The summed E-state index contributed by atoms with van der Waals surface area (Å²) in [5, 5.41) is 116. The Bertz CT molecular complexity index is 3340. The van der Waals surface area contributed by atoms with Crippen LogP contribution in [-0.4, -0.2) is 220 Å². The van der Waals surface area contributed by atoms with Crippen molar-refractivity contribution in [2.24, 2.45) is 11.7 Å². The van der Waals surface area contributed by atoms with Gasteiger partial charge in [0.1, 0.15) is 66.0 Å². The Morgan fingerprint density at radius 1 is 0.787 bits per heavy atom. The van der Waals surface area contributed by atoms with E-state index in [-0.39, 0.29) is 5.56 Å². The monoisotopic (exact) mass is 1270 g/mol. The number of rotatable bonds is 18. The zero-order valence-electron chi connectivity index (χ0n) is 48.1. The first-order valence-corrected chi connectivity index (χ1v) is 29.5. The fourth-order valence-corrected chi connectivity index (χ4v) is 10.7. The molecule has 0 saturated carbocycles. The molecule has 0 radical (unpaired) electrons. The maximum absolute atomic E-state index is 14.7. The third-order valence-electron chi connectivity index (χ3n) is 15.2. The molecule has 32 nitrogen and oxygen atoms in total. The van der Waals surface area contributed by atoms with Crippen molar-refractivity contribution in [3.05, 3.63) is 83.9 Å². The van der Waals surface area contributed by atoms with E-state index in [9.17, 15) is 97.3 Å². The van der Waals surface area contributed by atoms with Gasteiger partial charge in [0.2, 0.25) is 41.4 Å². The van der Waals surface area contributed by atoms with Gasteiger partial charge in [-0.2, -0.15) is 8.42 Å². The summed E-state index contributed by atoms with van der Waals surface area (Å²) in [5.41, 5.74) is 6.17. The molecule has 3 fully saturated rings. The lowest BCUT2D eigenvalue weighted by Gasteiger charge is -2.34. The lowest BCUT2D eigenvalue weighted by molar-refractivity contribution is -0.149. The number of benzene rings is 3. The quantitative estimate of drug-likeness (QED) is 0.0334. The van der Waals surface area contributed by atoms with Gasteiger partial charge >= 0.3 is 10.4 Å². The Balaban J connectivity index is 1.22. The van der Waals surface area contributed by atoms with Crippen molar-refractivity contribution < 1.29 is 111 Å². The van der Waals surface area contributed by atoms with Crippen molar-refractivity contribution in [1.82, 2.24) is 41.5 Å². The van der Waals surface area contributed by atoms with Crippen LogP contribution in [0.25, 0.3) is 22.6 Å². The van der Waals surface area contributed by atoms with Crippen molar-refractivity contribution in [3.63, 3.8) is 0 Å². The summed E-state index contributed by atoms with van der Waals surface area (Å²) in [6.45, 7) is 3.74. The normalized spacial score (nSPS) is 26.4. The number of aliphatic hydroxyl groups excluding tert-OH is 8. The van der Waals surface area contributed by atoms with Crippen molar-refractivity contribution >= 4 is 57.7 Å². The van der Waals surface area contributed by atoms with Crippen LogP contribution in [0.3, 0.4) is 0 Å². The minimum absolute atomic E-state index is 0.107. The zero-order valence-corrected chi connectivity index (χ0v) is 48.9. The average molecular weight is 1270 g/mol. The Kier molecular flexibility index (Phi) is 22.4. The van der Waals surface area contributed by atoms with Crippen LogP contribution in [0.1, 0.15) is 81.3 Å². The minimum Gasteiger partial charge on any atom is -0.504 e. The topological polar surface area (TPSA) is 510 Å². The van der Waals surface area contributed by atoms with Gasteiger partial charge in [-0.3, -0.25) is 42.9 Å². The second kappa shape index (κ2) is 29.3. The molecule has 3 saturated heterocycles. The van der Waals surface area contributed by atoms with E-state index in [1.807, 2.05) is 10.6 Å². The molecule has 7 rings (SSSR count). The molecule has 17 N–H and O–H groups in total. The van der Waals surface area contributed by atoms with Gasteiger partial charge in [0, 0.05) is 54.6 Å². The molecule has 8 amide bonds. The first-order valence-electron chi connectivity index (χ1n) is 28.1. The summed E-state index contributed by atoms with van der Waals surface area (Å²) in [5.74, 6) is -12.9. The molecule has 484 valence electrons. The molecule has 3 aliphatic rings. The van der Waals surface area contributed by atoms with Crippen LogP contribution in [0.15, 0.2) is 77.3 Å². The smallest absolute Gasteiger partial charge is 0.446 e. The lowest BCUT2D eigenvalue weighted by Crippen LogP contribution is -2.64. The average Bonchev–Trinajstić information content (AvgIpc) is 2.76. The summed E-state index contributed by atoms with van der Waals surface area (Å²) in [7, 11) is -5.35. The molecule has 4 heterocycles. The van der Waals surface area contributed by atoms with Gasteiger partial charge in [0.05, 0.1) is 37.4 Å². The number of unbranched alkanes of at least 4 members (excludes halogenated alkanes) is 2. The van der Waals surface area contributed by atoms with Gasteiger partial charge in [-0.15, -0.1) is 0 Å². The van der Waals surface area contributed by atoms with Gasteiger partial charge in [-0.05, 0) is 67.4 Å². The summed E-state index contributed by atoms with van der Waals surface area (Å²) < 4.78 is 48.1. The van der Waals surface area contributed by atoms with Gasteiger partial charge in [-0.1, -0.05) is 50.0 Å². The van der Waals surface area contributed by atoms with Gasteiger partial charge < -0.3 is 102 Å². The number of ether oxygens (including phenoxy) is 1. The number of hydrogen-bond donors (Lipinski definition) is 16. The third-order valence-corrected chi connectivity index (χ3v) is 15.6. The highest BCUT2D eigenvalue weighted by Crippen LogP contribution is 2.34. The molecule has 0 aliphatic carbocycles. The highest BCUT2D eigenvalue weighted by molar-refractivity contribution is 7.81. The molecule has 0 unspecified atom stereocenters. The zero-order chi connectivity index (χ0) is 65.3. The maximum Gasteiger partial charge on any atom is 0.446 e. The summed E-state index contributed by atoms with van der Waals surface area (Å²) in [6.07, 6.45) is -17.3. The Hall–Kier alpha value is -8.38. The van der Waals surface area contributed by atoms with Crippen molar-refractivity contribution in [2.75, 3.05) is 19.7 Å². The van der Waals surface area contributed by atoms with Crippen LogP contribution >= 0.6 is 0 Å². The number of carbonyl (C=O) groups excluding carboxylic acids is 8. The Labute approximate surface area is 507 Å². The fraction of sp³-hybridized carbons (Fsp3) is 0.482. The SMILES string of the molecule is CCCCCOc1ccc(-c2cc(-c3ccc(C(=O)N[C@H]4C[C@H](O)[C@H](O)NC(=O)[C@H]5[C@@H](O)[C@H](C)CN5C(=O)[C@@H]([C@@H](O)CC(N)=O)NC(=O)[C@@H]([C@@H](O)[C@H](O)c5ccc(O)c(OS(=O)(=O)O)c5)NC(=O)[C@H]5C[C@H](O)CN5C(=O)[C@@H]([C@H](C)O)NC4=O)cc3)no2)cc1. The fourth-order valence-electron chi connectivity index (χ4n) is 10.3. The van der Waals surface area contributed by atoms with Crippen molar-refractivity contribution in [1.29, 1.82) is 0 Å². The number of hydrogen-bond acceptors (Lipinski definition) is 23. The number of nitrogens with zero attached hydrogens (tertiary/aromatic N) is 3. The largest absolute Gasteiger partial charge is 0.504 e. The molecule has 33 heteroatoms. The molecule has 0 bridgehead atoms. The van der Waals surface area contributed by atoms with Crippen LogP contribution in [0.2, 0.25) is 0 Å². The van der Waals surface area contributed by atoms with Crippen LogP contribution in [0, 0.1) is 5.92 Å². The van der Waals surface area contributed by atoms with Gasteiger partial charge in [-0.25, -0.2) is 0 Å². The molecule has 15 atom stereocenters. The summed E-state index contributed by atoms with van der Waals surface area (Å²) >= 11 is 0. The number of phenols is 1. The summed E-state index contributed by atoms with van der Waals surface area (Å²) in [6, 6.07) is 3.52. The van der Waals surface area contributed by atoms with E-state index in [0.29, 0.717) is 56.9 Å². The first-order chi connectivity index (χ1) is 42.0. The molecule has 4 aromatic rings. The number of aromatic hydroxyl groups is 1. The number of phenolic OH excluding ortho intramolecular Hbond substituents is 1. The predicted octanol–water partition coefficient (Wildman–Crippen LogP) is -3.90. The number of primary amides is 1. The molecule has 3 aromatic carbocycles. The number of fused-ring (bicyclic) bond motifs is 2. The molecular formula is C56H71N9O23S. The van der Waals surface area contributed by atoms with Crippen LogP contribution < -0.4 is 41.2 Å². The van der Waals surface area contributed by atoms with E-state index in [2.05, 4.69) is 32.2 Å². The second-order valence-electron chi connectivity index (χ2n) is 21.9. The molecular weight excluding hydrogens is 1200 g/mol. The van der Waals surface area contributed by atoms with E-state index in [0.717, 1.165) is 32.3 Å². The van der Waals surface area contributed by atoms with Crippen LogP contribution in [0.5, 0.6) is 17.2 Å². The van der Waals surface area contributed by atoms with E-state index in [4.69, 9.17) is 15.0 Å². The first kappa shape index (κ1) is 68.1. The standard InChI is InChI=1S/C56H71N9O23S/c1-4-5-6-17-86-32-14-11-28(12-15-32)39-21-33(63-87-39)27-7-9-29(10-8-27)49(75)58-34-20-38(70)52(78)62-54(80)45-46(72)25(2)23-65(45)56(82)43(37(69)22-41(57)71)60-53(79)44(48(74)47(73)30-13-16-36(68)40(18-30)88-89(83,84)85)61-51(77)35-19-31(67)24-64(35)55(81)42(26(3)66)59-50(34)76/h7-16,18,21,25-26,31,34-35,37-38,42-48,52,66-70,72-74,78H,4-6,17,19-20,22-24H2,1-3H3,(H2,57,71)(H,58,75)(H,59,76)(H,60,79)(H,61,77)(H,62,80)(H,83,84,85)/t25-,26+,31+,34+,35-,37+,38+,42-,43-,44-,45-,46+,47-,48-,52+/m1/s1. The minimum atomic E-state index is -5.35. The Morgan fingerprint density at radius 3 is 2.07 bits per heavy atom. The number of nitrogens with one attached hydrogen (secondary N) is 5. The number of nitrogens with two attached hydrogens (primary N) is 1. The predicted molar refractivity (Wildman–Crippen MR) is 304 cm³/mol. The van der Waals surface area contributed by atoms with Crippen LogP contribution in [-0.2, 0) is 44.0 Å². The highest BCUT2D eigenvalue weighted by atomic mass is 32.3. The third kappa shape index (κ3) is 16.9. The van der Waals surface area contributed by atoms with E-state index in [1.165, 1.54) is 31.2 Å². The highest BCUT2D eigenvalue weighted by Gasteiger charge is 2.51. The number of aromatic nitrogens is 1. The molecule has 0 spiro atoms. The van der Waals surface area contributed by atoms with E-state index >= 15 is 0 Å². The molecule has 3 aliphatic heterocycles. The van der Waals surface area contributed by atoms with E-state index in [1.54, 1.807) is 30.3 Å². The lowest BCUT2D eigenvalue weighted by atomic mass is 9.96. The number of amides is 8. The van der Waals surface area contributed by atoms with Gasteiger partial charge in [0.25, 0.3) is 5.91 Å². The maximum atomic E-state index is 14.7. The van der Waals surface area contributed by atoms with Crippen LogP contribution in [0.4, 0.5) is 0 Å². The van der Waals surface area contributed by atoms with E-state index < -0.39 is 198 Å². The number of aliphatic hydroxyl groups is 8. The Morgan fingerprint density at radius 2 is 1.43 bits per heavy atom. The molecule has 89 heavy (non-hydrogen) atoms. The van der Waals surface area contributed by atoms with Gasteiger partial charge in [0.15, 0.2) is 23.5 Å². The summed E-state index contributed by atoms with van der Waals surface area (Å²) in [4.78, 5) is 115. The van der Waals surface area contributed by atoms with Crippen molar-refractivity contribution in [2.45, 2.75) is 145 Å². The number of carbonyl (C=O) groups is 8.